The molecular formula is C10H15NO2. The van der Waals surface area contributed by atoms with Crippen LogP contribution in [0.3, 0.4) is 0 Å². The maximum Gasteiger partial charge on any atom is 0.339 e. The van der Waals surface area contributed by atoms with E-state index in [1.54, 1.807) is 19.2 Å². The number of nitrogens with one attached hydrogen (secondary N) is 1. The number of ether oxygens (including phenoxy) is 1. The molecule has 3 heteroatoms. The van der Waals surface area contributed by atoms with Crippen LogP contribution in [-0.2, 0) is 4.74 Å². The van der Waals surface area contributed by atoms with Gasteiger partial charge in [-0.3, -0.25) is 0 Å². The lowest BCUT2D eigenvalue weighted by atomic mass is 10.2. The molecular weight excluding hydrogens is 166 g/mol. The molecule has 0 bridgehead atoms. The lowest BCUT2D eigenvalue weighted by Crippen LogP contribution is -2.04. The molecule has 0 saturated carbocycles. The van der Waals surface area contributed by atoms with Crippen molar-refractivity contribution in [2.75, 3.05) is 19.5 Å². The molecule has 0 saturated heterocycles. The standard InChI is InChI=1S/C9H11NO2.CH4/c1-10-8-6-4-3-5-7(8)9(11)12-2;/h3-6,10H,1-2H3;1H4. The van der Waals surface area contributed by atoms with Gasteiger partial charge in [0.2, 0.25) is 0 Å². The fourth-order valence-corrected chi connectivity index (χ4v) is 0.989. The molecule has 0 aliphatic carbocycles. The Labute approximate surface area is 78.7 Å². The summed E-state index contributed by atoms with van der Waals surface area (Å²) in [4.78, 5) is 11.1. The third-order valence-corrected chi connectivity index (χ3v) is 1.60. The van der Waals surface area contributed by atoms with Gasteiger partial charge in [-0.05, 0) is 12.1 Å². The van der Waals surface area contributed by atoms with Crippen LogP contribution in [-0.4, -0.2) is 20.1 Å². The number of anilines is 1. The molecule has 3 nitrogen and oxygen atoms in total. The van der Waals surface area contributed by atoms with Gasteiger partial charge in [0.1, 0.15) is 0 Å². The van der Waals surface area contributed by atoms with Gasteiger partial charge in [0, 0.05) is 12.7 Å². The minimum absolute atomic E-state index is 0. The molecule has 0 atom stereocenters. The van der Waals surface area contributed by atoms with Crippen LogP contribution in [0, 0.1) is 0 Å². The Balaban J connectivity index is 0.00000144. The number of esters is 1. The average molecular weight is 181 g/mol. The van der Waals surface area contributed by atoms with Crippen LogP contribution in [0.25, 0.3) is 0 Å². The van der Waals surface area contributed by atoms with Gasteiger partial charge in [-0.25, -0.2) is 4.79 Å². The largest absolute Gasteiger partial charge is 0.465 e. The van der Waals surface area contributed by atoms with Crippen LogP contribution < -0.4 is 5.32 Å². The predicted octanol–water partition coefficient (Wildman–Crippen LogP) is 2.15. The highest BCUT2D eigenvalue weighted by Gasteiger charge is 2.08. The number of carbonyl (C=O) groups is 1. The Kier molecular flexibility index (Phi) is 4.59. The van der Waals surface area contributed by atoms with Gasteiger partial charge in [0.15, 0.2) is 0 Å². The number of para-hydroxylation sites is 1. The van der Waals surface area contributed by atoms with E-state index >= 15 is 0 Å². The van der Waals surface area contributed by atoms with Crippen molar-refractivity contribution in [3.8, 4) is 0 Å². The number of rotatable bonds is 2. The van der Waals surface area contributed by atoms with Crippen LogP contribution in [0.4, 0.5) is 5.69 Å². The maximum absolute atomic E-state index is 11.1. The van der Waals surface area contributed by atoms with Crippen LogP contribution in [0.5, 0.6) is 0 Å². The minimum Gasteiger partial charge on any atom is -0.465 e. The van der Waals surface area contributed by atoms with Gasteiger partial charge in [-0.2, -0.15) is 0 Å². The van der Waals surface area contributed by atoms with Gasteiger partial charge in [-0.15, -0.1) is 0 Å². The van der Waals surface area contributed by atoms with Crippen molar-refractivity contribution in [2.24, 2.45) is 0 Å². The summed E-state index contributed by atoms with van der Waals surface area (Å²) >= 11 is 0. The number of benzene rings is 1. The molecule has 72 valence electrons. The van der Waals surface area contributed by atoms with Gasteiger partial charge in [-0.1, -0.05) is 19.6 Å². The monoisotopic (exact) mass is 181 g/mol. The summed E-state index contributed by atoms with van der Waals surface area (Å²) in [7, 11) is 3.14. The van der Waals surface area contributed by atoms with Gasteiger partial charge in [0.05, 0.1) is 12.7 Å². The second kappa shape index (κ2) is 5.19. The Morgan fingerprint density at radius 1 is 1.38 bits per heavy atom. The molecule has 1 aromatic rings. The molecule has 0 heterocycles. The summed E-state index contributed by atoms with van der Waals surface area (Å²) < 4.78 is 4.60. The van der Waals surface area contributed by atoms with Gasteiger partial charge < -0.3 is 10.1 Å². The van der Waals surface area contributed by atoms with Gasteiger partial charge in [0.25, 0.3) is 0 Å². The molecule has 0 amide bonds. The molecule has 0 unspecified atom stereocenters. The van der Waals surface area contributed by atoms with E-state index in [0.29, 0.717) is 5.56 Å². The summed E-state index contributed by atoms with van der Waals surface area (Å²) in [5.41, 5.74) is 1.34. The van der Waals surface area contributed by atoms with Crippen LogP contribution in [0.15, 0.2) is 24.3 Å². The molecule has 0 aliphatic heterocycles. The fraction of sp³-hybridized carbons (Fsp3) is 0.300. The summed E-state index contributed by atoms with van der Waals surface area (Å²) in [5, 5.41) is 2.91. The summed E-state index contributed by atoms with van der Waals surface area (Å²) in [6.07, 6.45) is 0. The van der Waals surface area contributed by atoms with Crippen molar-refractivity contribution >= 4 is 11.7 Å². The van der Waals surface area contributed by atoms with Crippen molar-refractivity contribution in [1.82, 2.24) is 0 Å². The molecule has 0 fully saturated rings. The normalized spacial score (nSPS) is 8.46. The van der Waals surface area contributed by atoms with Gasteiger partial charge >= 0.3 is 5.97 Å². The Morgan fingerprint density at radius 2 is 2.00 bits per heavy atom. The summed E-state index contributed by atoms with van der Waals surface area (Å²) in [6, 6.07) is 7.20. The van der Waals surface area contributed by atoms with E-state index in [-0.39, 0.29) is 13.4 Å². The smallest absolute Gasteiger partial charge is 0.339 e. The van der Waals surface area contributed by atoms with E-state index in [1.807, 2.05) is 12.1 Å². The van der Waals surface area contributed by atoms with Crippen molar-refractivity contribution < 1.29 is 9.53 Å². The van der Waals surface area contributed by atoms with Crippen molar-refractivity contribution in [3.05, 3.63) is 29.8 Å². The highest BCUT2D eigenvalue weighted by Crippen LogP contribution is 2.14. The first-order valence-corrected chi connectivity index (χ1v) is 3.64. The second-order valence-corrected chi connectivity index (χ2v) is 2.29. The Hall–Kier alpha value is -1.51. The quantitative estimate of drug-likeness (QED) is 0.710. The van der Waals surface area contributed by atoms with E-state index in [1.165, 1.54) is 7.11 Å². The Morgan fingerprint density at radius 3 is 2.54 bits per heavy atom. The minimum atomic E-state index is -0.319. The van der Waals surface area contributed by atoms with Crippen molar-refractivity contribution in [1.29, 1.82) is 0 Å². The molecule has 1 aromatic carbocycles. The van der Waals surface area contributed by atoms with Crippen molar-refractivity contribution in [2.45, 2.75) is 7.43 Å². The highest BCUT2D eigenvalue weighted by atomic mass is 16.5. The van der Waals surface area contributed by atoms with Crippen LogP contribution in [0.1, 0.15) is 17.8 Å². The average Bonchev–Trinajstić information content (AvgIpc) is 2.16. The van der Waals surface area contributed by atoms with Crippen LogP contribution in [0.2, 0.25) is 0 Å². The fourth-order valence-electron chi connectivity index (χ4n) is 0.989. The first-order valence-electron chi connectivity index (χ1n) is 3.64. The molecule has 0 aliphatic rings. The predicted molar refractivity (Wildman–Crippen MR) is 54.1 cm³/mol. The lowest BCUT2D eigenvalue weighted by molar-refractivity contribution is 0.0602. The van der Waals surface area contributed by atoms with E-state index in [2.05, 4.69) is 10.1 Å². The number of hydrogen-bond donors (Lipinski definition) is 1. The third kappa shape index (κ3) is 2.47. The zero-order valence-corrected chi connectivity index (χ0v) is 7.13. The SMILES string of the molecule is C.CNc1ccccc1C(=O)OC. The third-order valence-electron chi connectivity index (χ3n) is 1.60. The van der Waals surface area contributed by atoms with E-state index in [0.717, 1.165) is 5.69 Å². The van der Waals surface area contributed by atoms with E-state index in [9.17, 15) is 4.79 Å². The number of hydrogen-bond acceptors (Lipinski definition) is 3. The van der Waals surface area contributed by atoms with Crippen LogP contribution >= 0.6 is 0 Å². The Bertz CT molecular complexity index is 284. The highest BCUT2D eigenvalue weighted by molar-refractivity contribution is 5.95. The molecule has 0 aromatic heterocycles. The maximum atomic E-state index is 11.1. The molecule has 0 radical (unpaired) electrons. The second-order valence-electron chi connectivity index (χ2n) is 2.29. The number of methoxy groups -OCH3 is 1. The summed E-state index contributed by atoms with van der Waals surface area (Å²) in [6.45, 7) is 0. The molecule has 1 rings (SSSR count). The van der Waals surface area contributed by atoms with E-state index < -0.39 is 0 Å². The first kappa shape index (κ1) is 11.5. The zero-order valence-electron chi connectivity index (χ0n) is 7.13. The van der Waals surface area contributed by atoms with E-state index in [4.69, 9.17) is 0 Å². The topological polar surface area (TPSA) is 38.3 Å². The number of carbonyl (C=O) groups excluding carboxylic acids is 1. The van der Waals surface area contributed by atoms with Crippen molar-refractivity contribution in [3.63, 3.8) is 0 Å². The molecule has 0 spiro atoms. The lowest BCUT2D eigenvalue weighted by Gasteiger charge is -2.05. The zero-order chi connectivity index (χ0) is 8.97. The molecule has 13 heavy (non-hydrogen) atoms. The summed E-state index contributed by atoms with van der Waals surface area (Å²) in [5.74, 6) is -0.319. The first-order chi connectivity index (χ1) is 5.79. The molecule has 1 N–H and O–H groups in total.